The monoisotopic (exact) mass is 352 g/mol. The van der Waals surface area contributed by atoms with Gasteiger partial charge < -0.3 is 5.73 Å². The molecule has 20 heavy (non-hydrogen) atoms. The van der Waals surface area contributed by atoms with E-state index in [-0.39, 0.29) is 6.04 Å². The number of hydrogen-bond donors (Lipinski definition) is 1. The van der Waals surface area contributed by atoms with Crippen LogP contribution in [0.4, 0.5) is 0 Å². The van der Waals surface area contributed by atoms with E-state index in [0.29, 0.717) is 6.54 Å². The van der Waals surface area contributed by atoms with Gasteiger partial charge in [-0.15, -0.1) is 11.3 Å². The average Bonchev–Trinajstić information content (AvgIpc) is 2.80. The molecule has 0 bridgehead atoms. The summed E-state index contributed by atoms with van der Waals surface area (Å²) < 4.78 is 1.18. The highest BCUT2D eigenvalue weighted by molar-refractivity contribution is 9.11. The van der Waals surface area contributed by atoms with Gasteiger partial charge in [-0.2, -0.15) is 0 Å². The molecule has 0 saturated heterocycles. The number of nitrogens with zero attached hydrogens (tertiary/aromatic N) is 1. The van der Waals surface area contributed by atoms with Gasteiger partial charge in [0.15, 0.2) is 0 Å². The molecule has 0 spiro atoms. The van der Waals surface area contributed by atoms with Crippen molar-refractivity contribution in [1.29, 1.82) is 0 Å². The maximum absolute atomic E-state index is 6.04. The van der Waals surface area contributed by atoms with Gasteiger partial charge in [-0.3, -0.25) is 4.90 Å². The Hall–Kier alpha value is -0.680. The van der Waals surface area contributed by atoms with Gasteiger partial charge in [-0.05, 0) is 65.0 Å². The lowest BCUT2D eigenvalue weighted by molar-refractivity contribution is 0.241. The van der Waals surface area contributed by atoms with Gasteiger partial charge in [0.05, 0.1) is 3.79 Å². The van der Waals surface area contributed by atoms with Crippen molar-refractivity contribution in [3.8, 4) is 0 Å². The molecular weight excluding hydrogens is 332 g/mol. The zero-order valence-electron chi connectivity index (χ0n) is 12.2. The fraction of sp³-hybridized carbons (Fsp3) is 0.375. The summed E-state index contributed by atoms with van der Waals surface area (Å²) >= 11 is 5.24. The number of benzene rings is 1. The Labute approximate surface area is 133 Å². The van der Waals surface area contributed by atoms with Crippen LogP contribution in [-0.2, 0) is 6.54 Å². The minimum absolute atomic E-state index is 0.258. The predicted molar refractivity (Wildman–Crippen MR) is 91.2 cm³/mol. The van der Waals surface area contributed by atoms with E-state index in [0.717, 1.165) is 6.54 Å². The summed E-state index contributed by atoms with van der Waals surface area (Å²) in [7, 11) is 2.14. The van der Waals surface area contributed by atoms with Crippen LogP contribution >= 0.6 is 27.3 Å². The standard InChI is InChI=1S/C16H21BrN2S/c1-11-4-5-12(2)14(6-11)15(8-18)19(3)9-13-7-16(17)20-10-13/h4-7,10,15H,8-9,18H2,1-3H3. The summed E-state index contributed by atoms with van der Waals surface area (Å²) in [5, 5.41) is 2.19. The lowest BCUT2D eigenvalue weighted by Crippen LogP contribution is -2.30. The Morgan fingerprint density at radius 3 is 2.65 bits per heavy atom. The minimum Gasteiger partial charge on any atom is -0.329 e. The molecule has 4 heteroatoms. The zero-order valence-corrected chi connectivity index (χ0v) is 14.6. The number of likely N-dealkylation sites (N-methyl/N-ethyl adjacent to an activating group) is 1. The van der Waals surface area contributed by atoms with Gasteiger partial charge in [-0.1, -0.05) is 23.8 Å². The second kappa shape index (κ2) is 6.85. The maximum atomic E-state index is 6.04. The second-order valence-electron chi connectivity index (χ2n) is 5.29. The molecule has 0 aliphatic carbocycles. The number of aryl methyl sites for hydroxylation is 2. The molecule has 2 nitrogen and oxygen atoms in total. The van der Waals surface area contributed by atoms with E-state index in [1.807, 2.05) is 0 Å². The molecule has 108 valence electrons. The first kappa shape index (κ1) is 15.7. The molecule has 0 fully saturated rings. The predicted octanol–water partition coefficient (Wildman–Crippen LogP) is 4.26. The molecule has 1 aromatic heterocycles. The first-order valence-electron chi connectivity index (χ1n) is 6.71. The van der Waals surface area contributed by atoms with Gasteiger partial charge in [-0.25, -0.2) is 0 Å². The van der Waals surface area contributed by atoms with Crippen molar-refractivity contribution < 1.29 is 0 Å². The van der Waals surface area contributed by atoms with Crippen molar-refractivity contribution in [3.63, 3.8) is 0 Å². The second-order valence-corrected chi connectivity index (χ2v) is 7.58. The fourth-order valence-electron chi connectivity index (χ4n) is 2.49. The number of rotatable bonds is 5. The Balaban J connectivity index is 2.20. The summed E-state index contributed by atoms with van der Waals surface area (Å²) in [6.07, 6.45) is 0. The molecule has 0 aliphatic heterocycles. The summed E-state index contributed by atoms with van der Waals surface area (Å²) in [5.41, 5.74) is 11.3. The highest BCUT2D eigenvalue weighted by Gasteiger charge is 2.18. The smallest absolute Gasteiger partial charge is 0.0701 e. The van der Waals surface area contributed by atoms with Crippen LogP contribution in [0.1, 0.15) is 28.3 Å². The van der Waals surface area contributed by atoms with Crippen LogP contribution in [-0.4, -0.2) is 18.5 Å². The Morgan fingerprint density at radius 2 is 2.05 bits per heavy atom. The highest BCUT2D eigenvalue weighted by Crippen LogP contribution is 2.27. The topological polar surface area (TPSA) is 29.3 Å². The van der Waals surface area contributed by atoms with Gasteiger partial charge in [0.2, 0.25) is 0 Å². The quantitative estimate of drug-likeness (QED) is 0.870. The molecule has 2 rings (SSSR count). The van der Waals surface area contributed by atoms with E-state index in [2.05, 4.69) is 71.4 Å². The number of thiophene rings is 1. The molecule has 0 saturated carbocycles. The van der Waals surface area contributed by atoms with Crippen LogP contribution in [0.2, 0.25) is 0 Å². The summed E-state index contributed by atoms with van der Waals surface area (Å²) in [6, 6.07) is 9.03. The zero-order chi connectivity index (χ0) is 14.7. The normalized spacial score (nSPS) is 12.9. The van der Waals surface area contributed by atoms with Crippen molar-refractivity contribution in [2.75, 3.05) is 13.6 Å². The first-order chi connectivity index (χ1) is 9.51. The SMILES string of the molecule is Cc1ccc(C)c(C(CN)N(C)Cc2csc(Br)c2)c1. The van der Waals surface area contributed by atoms with Crippen LogP contribution < -0.4 is 5.73 Å². The Kier molecular flexibility index (Phi) is 5.38. The average molecular weight is 353 g/mol. The van der Waals surface area contributed by atoms with Gasteiger partial charge in [0.25, 0.3) is 0 Å². The third kappa shape index (κ3) is 3.70. The molecule has 2 aromatic rings. The largest absolute Gasteiger partial charge is 0.329 e. The first-order valence-corrected chi connectivity index (χ1v) is 8.39. The van der Waals surface area contributed by atoms with E-state index in [1.165, 1.54) is 26.0 Å². The lowest BCUT2D eigenvalue weighted by Gasteiger charge is -2.28. The van der Waals surface area contributed by atoms with E-state index >= 15 is 0 Å². The molecule has 1 heterocycles. The molecule has 1 atom stereocenters. The molecular formula is C16H21BrN2S. The van der Waals surface area contributed by atoms with Crippen LogP contribution in [0.15, 0.2) is 33.4 Å². The minimum atomic E-state index is 0.258. The summed E-state index contributed by atoms with van der Waals surface area (Å²) in [4.78, 5) is 2.33. The Morgan fingerprint density at radius 1 is 1.30 bits per heavy atom. The molecule has 1 unspecified atom stereocenters. The van der Waals surface area contributed by atoms with Crippen molar-refractivity contribution in [2.45, 2.75) is 26.4 Å². The third-order valence-electron chi connectivity index (χ3n) is 3.60. The molecule has 2 N–H and O–H groups in total. The fourth-order valence-corrected chi connectivity index (χ4v) is 3.69. The number of hydrogen-bond acceptors (Lipinski definition) is 3. The van der Waals surface area contributed by atoms with E-state index in [4.69, 9.17) is 5.73 Å². The lowest BCUT2D eigenvalue weighted by atomic mass is 9.98. The van der Waals surface area contributed by atoms with Gasteiger partial charge >= 0.3 is 0 Å². The Bertz CT molecular complexity index is 580. The summed E-state index contributed by atoms with van der Waals surface area (Å²) in [5.74, 6) is 0. The van der Waals surface area contributed by atoms with Crippen LogP contribution in [0.25, 0.3) is 0 Å². The van der Waals surface area contributed by atoms with Gasteiger partial charge in [0.1, 0.15) is 0 Å². The van der Waals surface area contributed by atoms with Crippen molar-refractivity contribution in [1.82, 2.24) is 4.90 Å². The molecule has 0 amide bonds. The van der Waals surface area contributed by atoms with Crippen molar-refractivity contribution in [2.24, 2.45) is 5.73 Å². The van der Waals surface area contributed by atoms with E-state index in [1.54, 1.807) is 11.3 Å². The number of nitrogens with two attached hydrogens (primary N) is 1. The van der Waals surface area contributed by atoms with E-state index < -0.39 is 0 Å². The van der Waals surface area contributed by atoms with Crippen LogP contribution in [0.5, 0.6) is 0 Å². The molecule has 0 radical (unpaired) electrons. The number of halogens is 1. The van der Waals surface area contributed by atoms with Gasteiger partial charge in [0, 0.05) is 19.1 Å². The maximum Gasteiger partial charge on any atom is 0.0701 e. The van der Waals surface area contributed by atoms with Crippen molar-refractivity contribution >= 4 is 27.3 Å². The van der Waals surface area contributed by atoms with E-state index in [9.17, 15) is 0 Å². The third-order valence-corrected chi connectivity index (χ3v) is 5.16. The van der Waals surface area contributed by atoms with Crippen molar-refractivity contribution in [3.05, 3.63) is 55.7 Å². The van der Waals surface area contributed by atoms with Crippen LogP contribution in [0.3, 0.4) is 0 Å². The van der Waals surface area contributed by atoms with Crippen LogP contribution in [0, 0.1) is 13.8 Å². The molecule has 1 aromatic carbocycles. The summed E-state index contributed by atoms with van der Waals surface area (Å²) in [6.45, 7) is 5.84. The highest BCUT2D eigenvalue weighted by atomic mass is 79.9. The molecule has 0 aliphatic rings.